The second-order valence-electron chi connectivity index (χ2n) is 19.7. The molecule has 3 fully saturated rings. The minimum atomic E-state index is -1.91. The third-order valence-corrected chi connectivity index (χ3v) is 13.1. The molecule has 0 aromatic heterocycles. The predicted octanol–water partition coefficient (Wildman–Crippen LogP) is 2.26. The van der Waals surface area contributed by atoms with E-state index in [1.807, 2.05) is 20.8 Å². The Morgan fingerprint density at radius 3 is 1.70 bits per heavy atom. The minimum Gasteiger partial charge on any atom is -0.479 e. The Morgan fingerprint density at radius 2 is 1.13 bits per heavy atom. The van der Waals surface area contributed by atoms with Gasteiger partial charge in [-0.1, -0.05) is 111 Å². The number of carboxylic acid groups (broad SMARTS) is 1. The molecule has 0 saturated carbocycles. The van der Waals surface area contributed by atoms with Crippen LogP contribution in [0.5, 0.6) is 0 Å². The minimum absolute atomic E-state index is 0.0270. The summed E-state index contributed by atoms with van der Waals surface area (Å²) < 4.78 is 46.6. The van der Waals surface area contributed by atoms with Crippen molar-refractivity contribution in [3.8, 4) is 0 Å². The van der Waals surface area contributed by atoms with Gasteiger partial charge in [-0.15, -0.1) is 0 Å². The maximum Gasteiger partial charge on any atom is 0.332 e. The Kier molecular flexibility index (Phi) is 29.8. The van der Waals surface area contributed by atoms with E-state index in [2.05, 4.69) is 0 Å². The molecule has 3 aliphatic heterocycles. The summed E-state index contributed by atoms with van der Waals surface area (Å²) in [6.45, 7) is 5.49. The molecule has 3 saturated heterocycles. The molecular weight excluding hydrogens is 925 g/mol. The molecule has 0 aromatic carbocycles. The fourth-order valence-corrected chi connectivity index (χ4v) is 8.83. The summed E-state index contributed by atoms with van der Waals surface area (Å²) in [5, 5.41) is 105. The van der Waals surface area contributed by atoms with Gasteiger partial charge in [0.15, 0.2) is 31.1 Å². The Labute approximate surface area is 413 Å². The van der Waals surface area contributed by atoms with E-state index in [9.17, 15) is 60.3 Å². The molecule has 0 aliphatic carbocycles. The molecule has 0 radical (unpaired) electrons. The van der Waals surface area contributed by atoms with Crippen molar-refractivity contribution in [2.75, 3.05) is 19.8 Å². The highest BCUT2D eigenvalue weighted by molar-refractivity contribution is 5.71. The first kappa shape index (κ1) is 62.1. The molecule has 3 rings (SSSR count). The topological polar surface area (TPSA) is 327 Å². The molecule has 10 N–H and O–H groups in total. The molecule has 3 heterocycles. The molecule has 0 spiro atoms. The van der Waals surface area contributed by atoms with Gasteiger partial charge < -0.3 is 89.0 Å². The van der Waals surface area contributed by atoms with Crippen LogP contribution in [0, 0.1) is 5.92 Å². The highest BCUT2D eigenvalue weighted by atomic mass is 16.8. The Morgan fingerprint density at radius 1 is 0.600 bits per heavy atom. The van der Waals surface area contributed by atoms with Crippen LogP contribution in [-0.4, -0.2) is 193 Å². The first-order valence-corrected chi connectivity index (χ1v) is 25.9. The lowest BCUT2D eigenvalue weighted by molar-refractivity contribution is -0.380. The monoisotopic (exact) mass is 1010 g/mol. The van der Waals surface area contributed by atoms with Gasteiger partial charge in [-0.2, -0.15) is 0 Å². The zero-order chi connectivity index (χ0) is 51.8. The molecule has 0 bridgehead atoms. The molecule has 21 heteroatoms. The number of ether oxygens (including phenoxy) is 8. The number of aliphatic hydroxyl groups is 9. The van der Waals surface area contributed by atoms with E-state index < -0.39 is 135 Å². The van der Waals surface area contributed by atoms with E-state index in [1.54, 1.807) is 0 Å². The number of carbonyl (C=O) groups excluding carboxylic acids is 2. The predicted molar refractivity (Wildman–Crippen MR) is 248 cm³/mol. The van der Waals surface area contributed by atoms with Crippen molar-refractivity contribution in [3.63, 3.8) is 0 Å². The Balaban J connectivity index is 1.53. The maximum atomic E-state index is 12.3. The molecule has 0 amide bonds. The van der Waals surface area contributed by atoms with Crippen molar-refractivity contribution < 1.29 is 103 Å². The lowest BCUT2D eigenvalue weighted by atomic mass is 9.98. The van der Waals surface area contributed by atoms with Crippen molar-refractivity contribution >= 4 is 17.9 Å². The second kappa shape index (κ2) is 33.6. The van der Waals surface area contributed by atoms with Crippen LogP contribution < -0.4 is 0 Å². The number of hydrogen-bond donors (Lipinski definition) is 10. The Bertz CT molecular complexity index is 1440. The van der Waals surface area contributed by atoms with Crippen molar-refractivity contribution in [1.29, 1.82) is 0 Å². The van der Waals surface area contributed by atoms with Crippen molar-refractivity contribution in [3.05, 3.63) is 0 Å². The van der Waals surface area contributed by atoms with Crippen LogP contribution in [-0.2, 0) is 52.3 Å². The number of rotatable bonds is 35. The number of aliphatic hydroxyl groups excluding tert-OH is 9. The van der Waals surface area contributed by atoms with Crippen LogP contribution in [0.3, 0.4) is 0 Å². The van der Waals surface area contributed by atoms with Crippen molar-refractivity contribution in [2.45, 2.75) is 267 Å². The van der Waals surface area contributed by atoms with Gasteiger partial charge in [-0.05, 0) is 44.4 Å². The van der Waals surface area contributed by atoms with Crippen LogP contribution in [0.1, 0.15) is 163 Å². The van der Waals surface area contributed by atoms with Gasteiger partial charge in [-0.25, -0.2) is 4.79 Å². The van der Waals surface area contributed by atoms with E-state index in [1.165, 1.54) is 0 Å². The maximum absolute atomic E-state index is 12.3. The van der Waals surface area contributed by atoms with Crippen LogP contribution >= 0.6 is 0 Å². The largest absolute Gasteiger partial charge is 0.479 e. The van der Waals surface area contributed by atoms with E-state index in [0.29, 0.717) is 38.5 Å². The van der Waals surface area contributed by atoms with Crippen molar-refractivity contribution in [2.24, 2.45) is 5.92 Å². The van der Waals surface area contributed by atoms with E-state index in [0.717, 1.165) is 96.8 Å². The normalized spacial score (nSPS) is 31.2. The lowest BCUT2D eigenvalue weighted by Crippen LogP contribution is -2.65. The van der Waals surface area contributed by atoms with Gasteiger partial charge >= 0.3 is 17.9 Å². The molecule has 0 aromatic rings. The van der Waals surface area contributed by atoms with Gasteiger partial charge in [0.05, 0.1) is 31.5 Å². The standard InChI is InChI=1S/C49H88O21/c1-5-6-20-31(21-19-24-33(52)32(51)22-17-15-13-11-9-7-8-10-12-14-16-18-23-34(53)46(61)62)67-48-44(39(56)35(54)26-64-48)70-49-45(41(58)37(28-65-49)66-30(4)50)69-47-43(60)42(59)40(57)36(68-47)27-63-38(55)25-29(2)3/h29,31-37,39-45,47-49,51-54,56-60H,5-28H2,1-4H3,(H,61,62)/t31-,32-,33+,34-,35+,36+,37+,39-,40+,41-,42-,43+,44+,45+,47-,48?,49-/m1/s1. The van der Waals surface area contributed by atoms with E-state index in [-0.39, 0.29) is 18.9 Å². The van der Waals surface area contributed by atoms with Gasteiger partial charge in [0, 0.05) is 13.3 Å². The van der Waals surface area contributed by atoms with E-state index >= 15 is 0 Å². The number of hydrogen-bond acceptors (Lipinski definition) is 20. The summed E-state index contributed by atoms with van der Waals surface area (Å²) in [5.41, 5.74) is 0. The van der Waals surface area contributed by atoms with Gasteiger partial charge in [0.1, 0.15) is 61.5 Å². The molecular formula is C49H88O21. The smallest absolute Gasteiger partial charge is 0.332 e. The number of carboxylic acids is 1. The zero-order valence-electron chi connectivity index (χ0n) is 41.8. The molecule has 3 aliphatic rings. The molecule has 1 unspecified atom stereocenters. The SMILES string of the molecule is CCCC[C@H](CCC[C@H](O)[C@H](O)CCCCCCCCCCCCCC[C@@H](O)C(=O)O)OC1OC[C@H](O)[C@@H](O)[C@@H]1O[C@H]1OC[C@H](OC(C)=O)[C@@H](O)[C@@H]1O[C@H]1O[C@@H](COC(=O)CC(C)C)[C@H](O)[C@@H](O)[C@@H]1O. The number of esters is 2. The zero-order valence-corrected chi connectivity index (χ0v) is 41.8. The summed E-state index contributed by atoms with van der Waals surface area (Å²) in [4.78, 5) is 34.9. The summed E-state index contributed by atoms with van der Waals surface area (Å²) >= 11 is 0. The number of aliphatic carboxylic acids is 1. The highest BCUT2D eigenvalue weighted by Gasteiger charge is 2.52. The lowest BCUT2D eigenvalue weighted by Gasteiger charge is -2.46. The quantitative estimate of drug-likeness (QED) is 0.0321. The van der Waals surface area contributed by atoms with Crippen LogP contribution in [0.25, 0.3) is 0 Å². The average Bonchev–Trinajstić information content (AvgIpc) is 3.31. The molecule has 70 heavy (non-hydrogen) atoms. The summed E-state index contributed by atoms with van der Waals surface area (Å²) in [6, 6.07) is 0. The van der Waals surface area contributed by atoms with Gasteiger partial charge in [-0.3, -0.25) is 9.59 Å². The number of unbranched alkanes of at least 4 members (excludes halogenated alkanes) is 12. The molecule has 21 nitrogen and oxygen atoms in total. The van der Waals surface area contributed by atoms with Crippen molar-refractivity contribution in [1.82, 2.24) is 0 Å². The first-order valence-electron chi connectivity index (χ1n) is 25.9. The summed E-state index contributed by atoms with van der Waals surface area (Å²) in [7, 11) is 0. The third-order valence-electron chi connectivity index (χ3n) is 13.1. The summed E-state index contributed by atoms with van der Waals surface area (Å²) in [6.07, 6.45) is -7.89. The fraction of sp³-hybridized carbons (Fsp3) is 0.939. The Hall–Kier alpha value is -2.19. The average molecular weight is 1010 g/mol. The molecule has 410 valence electrons. The molecule has 17 atom stereocenters. The summed E-state index contributed by atoms with van der Waals surface area (Å²) in [5.74, 6) is -2.54. The fourth-order valence-electron chi connectivity index (χ4n) is 8.83. The van der Waals surface area contributed by atoms with Crippen LogP contribution in [0.2, 0.25) is 0 Å². The van der Waals surface area contributed by atoms with Gasteiger partial charge in [0.2, 0.25) is 0 Å². The first-order chi connectivity index (χ1) is 33.3. The van der Waals surface area contributed by atoms with Crippen LogP contribution in [0.4, 0.5) is 0 Å². The highest BCUT2D eigenvalue weighted by Crippen LogP contribution is 2.33. The second-order valence-corrected chi connectivity index (χ2v) is 19.7. The van der Waals surface area contributed by atoms with Gasteiger partial charge in [0.25, 0.3) is 0 Å². The number of carbonyl (C=O) groups is 3. The van der Waals surface area contributed by atoms with E-state index in [4.69, 9.17) is 43.0 Å². The third kappa shape index (κ3) is 22.1. The van der Waals surface area contributed by atoms with Crippen LogP contribution in [0.15, 0.2) is 0 Å².